The highest BCUT2D eigenvalue weighted by atomic mass is 35.5. The third-order valence-electron chi connectivity index (χ3n) is 7.28. The monoisotopic (exact) mass is 519 g/mol. The van der Waals surface area contributed by atoms with Gasteiger partial charge in [-0.25, -0.2) is 4.79 Å². The zero-order valence-corrected chi connectivity index (χ0v) is 21.5. The Morgan fingerprint density at radius 3 is 2.62 bits per heavy atom. The fourth-order valence-corrected chi connectivity index (χ4v) is 5.75. The van der Waals surface area contributed by atoms with Gasteiger partial charge in [0.05, 0.1) is 12.2 Å². The number of halogens is 2. The van der Waals surface area contributed by atoms with E-state index in [0.29, 0.717) is 17.0 Å². The van der Waals surface area contributed by atoms with Crippen molar-refractivity contribution >= 4 is 28.7 Å². The van der Waals surface area contributed by atoms with E-state index in [2.05, 4.69) is 23.1 Å². The molecule has 1 saturated heterocycles. The molecule has 1 aliphatic heterocycles. The quantitative estimate of drug-likeness (QED) is 0.343. The van der Waals surface area contributed by atoms with Crippen LogP contribution in [-0.2, 0) is 6.42 Å². The maximum absolute atomic E-state index is 12.5. The maximum Gasteiger partial charge on any atom is 0.335 e. The third kappa shape index (κ3) is 5.73. The lowest BCUT2D eigenvalue weighted by molar-refractivity contribution is 0.0696. The number of benzene rings is 3. The summed E-state index contributed by atoms with van der Waals surface area (Å²) in [5.74, 6) is -0.100. The van der Waals surface area contributed by atoms with Crippen LogP contribution in [0, 0.1) is 0 Å². The van der Waals surface area contributed by atoms with E-state index in [0.717, 1.165) is 78.9 Å². The highest BCUT2D eigenvalue weighted by Crippen LogP contribution is 2.42. The first-order chi connectivity index (χ1) is 18.0. The summed E-state index contributed by atoms with van der Waals surface area (Å²) < 4.78 is 18.8. The van der Waals surface area contributed by atoms with Gasteiger partial charge in [-0.3, -0.25) is 9.29 Å². The molecule has 0 spiro atoms. The smallest absolute Gasteiger partial charge is 0.335 e. The number of aromatic carboxylic acids is 1. The van der Waals surface area contributed by atoms with Crippen molar-refractivity contribution in [1.29, 1.82) is 0 Å². The molecule has 1 fully saturated rings. The standard InChI is InChI=1S/C31H31ClFNO3/c32-29-8-2-1-6-27(29)28-7-3-5-22-19-23(31(35)36)11-14-26(22)30(28)21-9-12-24(13-10-21)37-25-15-18-34(20-25)17-4-16-33/h1-2,6,8-14,19,25H,3-5,7,15-18,20H2,(H,35,36)/t25-/m0/s1. The van der Waals surface area contributed by atoms with Crippen LogP contribution in [-0.4, -0.2) is 48.4 Å². The molecule has 1 aliphatic carbocycles. The number of hydrogen-bond donors (Lipinski definition) is 1. The van der Waals surface area contributed by atoms with Crippen molar-refractivity contribution in [2.45, 2.75) is 38.2 Å². The number of alkyl halides is 1. The summed E-state index contributed by atoms with van der Waals surface area (Å²) >= 11 is 6.66. The number of aryl methyl sites for hydroxylation is 1. The van der Waals surface area contributed by atoms with Crippen molar-refractivity contribution in [3.8, 4) is 5.75 Å². The fourth-order valence-electron chi connectivity index (χ4n) is 5.50. The molecule has 0 amide bonds. The summed E-state index contributed by atoms with van der Waals surface area (Å²) in [6, 6.07) is 21.5. The zero-order valence-electron chi connectivity index (χ0n) is 20.8. The van der Waals surface area contributed by atoms with Gasteiger partial charge in [0.1, 0.15) is 11.9 Å². The van der Waals surface area contributed by atoms with Crippen LogP contribution in [0.2, 0.25) is 5.02 Å². The predicted octanol–water partition coefficient (Wildman–Crippen LogP) is 7.15. The molecule has 0 bridgehead atoms. The minimum atomic E-state index is -0.916. The van der Waals surface area contributed by atoms with Crippen molar-refractivity contribution in [3.05, 3.63) is 99.6 Å². The largest absolute Gasteiger partial charge is 0.489 e. The fraction of sp³-hybridized carbons (Fsp3) is 0.323. The third-order valence-corrected chi connectivity index (χ3v) is 7.61. The molecule has 3 aromatic rings. The molecule has 1 heterocycles. The Labute approximate surface area is 222 Å². The second-order valence-corrected chi connectivity index (χ2v) is 10.2. The normalized spacial score (nSPS) is 17.9. The molecule has 1 N–H and O–H groups in total. The van der Waals surface area contributed by atoms with Gasteiger partial charge in [0.2, 0.25) is 0 Å². The lowest BCUT2D eigenvalue weighted by atomic mass is 9.87. The highest BCUT2D eigenvalue weighted by Gasteiger charge is 2.25. The molecule has 4 nitrogen and oxygen atoms in total. The average molecular weight is 520 g/mol. The summed E-state index contributed by atoms with van der Waals surface area (Å²) in [5, 5.41) is 10.3. The average Bonchev–Trinajstić information content (AvgIpc) is 3.26. The van der Waals surface area contributed by atoms with Crippen LogP contribution in [0.4, 0.5) is 4.39 Å². The molecular formula is C31H31ClFNO3. The molecule has 5 rings (SSSR count). The Morgan fingerprint density at radius 2 is 1.86 bits per heavy atom. The van der Waals surface area contributed by atoms with E-state index in [1.165, 1.54) is 5.57 Å². The van der Waals surface area contributed by atoms with Gasteiger partial charge in [-0.05, 0) is 95.8 Å². The van der Waals surface area contributed by atoms with E-state index >= 15 is 0 Å². The lowest BCUT2D eigenvalue weighted by Gasteiger charge is -2.19. The molecule has 0 radical (unpaired) electrons. The molecular weight excluding hydrogens is 489 g/mol. The molecule has 6 heteroatoms. The van der Waals surface area contributed by atoms with Crippen LogP contribution < -0.4 is 4.74 Å². The van der Waals surface area contributed by atoms with Gasteiger partial charge in [-0.15, -0.1) is 0 Å². The van der Waals surface area contributed by atoms with Gasteiger partial charge in [0.25, 0.3) is 0 Å². The lowest BCUT2D eigenvalue weighted by Crippen LogP contribution is -2.26. The second kappa shape index (κ2) is 11.5. The first kappa shape index (κ1) is 25.5. The zero-order chi connectivity index (χ0) is 25.8. The number of carboxylic acids is 1. The summed E-state index contributed by atoms with van der Waals surface area (Å²) in [6.07, 6.45) is 4.16. The number of allylic oxidation sites excluding steroid dienone is 1. The van der Waals surface area contributed by atoms with Crippen LogP contribution in [0.5, 0.6) is 5.75 Å². The number of nitrogens with zero attached hydrogens (tertiary/aromatic N) is 1. The number of likely N-dealkylation sites (tertiary alicyclic amines) is 1. The Bertz CT molecular complexity index is 1300. The second-order valence-electron chi connectivity index (χ2n) is 9.76. The van der Waals surface area contributed by atoms with Gasteiger partial charge in [-0.1, -0.05) is 48.0 Å². The van der Waals surface area contributed by atoms with Crippen LogP contribution in [0.25, 0.3) is 11.1 Å². The summed E-state index contributed by atoms with van der Waals surface area (Å²) in [6.45, 7) is 2.25. The number of carbonyl (C=O) groups is 1. The topological polar surface area (TPSA) is 49.8 Å². The molecule has 37 heavy (non-hydrogen) atoms. The number of fused-ring (bicyclic) bond motifs is 1. The Kier molecular flexibility index (Phi) is 7.92. The van der Waals surface area contributed by atoms with Crippen LogP contribution in [0.3, 0.4) is 0 Å². The molecule has 0 aromatic heterocycles. The van der Waals surface area contributed by atoms with E-state index in [9.17, 15) is 14.3 Å². The van der Waals surface area contributed by atoms with Crippen molar-refractivity contribution in [3.63, 3.8) is 0 Å². The first-order valence-corrected chi connectivity index (χ1v) is 13.3. The van der Waals surface area contributed by atoms with Gasteiger partial charge < -0.3 is 9.84 Å². The number of rotatable bonds is 8. The highest BCUT2D eigenvalue weighted by molar-refractivity contribution is 6.32. The van der Waals surface area contributed by atoms with Crippen LogP contribution in [0.1, 0.15) is 58.3 Å². The van der Waals surface area contributed by atoms with Crippen LogP contribution >= 0.6 is 11.6 Å². The molecule has 192 valence electrons. The van der Waals surface area contributed by atoms with Crippen molar-refractivity contribution in [2.24, 2.45) is 0 Å². The molecule has 2 aliphatic rings. The van der Waals surface area contributed by atoms with E-state index < -0.39 is 5.97 Å². The van der Waals surface area contributed by atoms with Crippen molar-refractivity contribution < 1.29 is 19.0 Å². The van der Waals surface area contributed by atoms with Gasteiger partial charge in [0, 0.05) is 24.7 Å². The molecule has 0 unspecified atom stereocenters. The van der Waals surface area contributed by atoms with Gasteiger partial charge in [0.15, 0.2) is 0 Å². The summed E-state index contributed by atoms with van der Waals surface area (Å²) in [7, 11) is 0. The molecule has 1 atom stereocenters. The van der Waals surface area contributed by atoms with Gasteiger partial charge in [-0.2, -0.15) is 0 Å². The minimum absolute atomic E-state index is 0.108. The minimum Gasteiger partial charge on any atom is -0.489 e. The summed E-state index contributed by atoms with van der Waals surface area (Å²) in [4.78, 5) is 13.9. The van der Waals surface area contributed by atoms with Gasteiger partial charge >= 0.3 is 5.97 Å². The number of ether oxygens (including phenoxy) is 1. The Balaban J connectivity index is 1.50. The van der Waals surface area contributed by atoms with E-state index in [-0.39, 0.29) is 12.8 Å². The van der Waals surface area contributed by atoms with E-state index in [1.54, 1.807) is 12.1 Å². The number of hydrogen-bond acceptors (Lipinski definition) is 3. The summed E-state index contributed by atoms with van der Waals surface area (Å²) in [5.41, 5.74) is 6.70. The van der Waals surface area contributed by atoms with Crippen LogP contribution in [0.15, 0.2) is 66.7 Å². The van der Waals surface area contributed by atoms with Crippen molar-refractivity contribution in [1.82, 2.24) is 4.90 Å². The van der Waals surface area contributed by atoms with Crippen molar-refractivity contribution in [2.75, 3.05) is 26.3 Å². The Hall–Kier alpha value is -3.15. The SMILES string of the molecule is O=C(O)c1ccc2c(c1)CCCC(c1ccccc1Cl)=C2c1ccc(O[C@H]2CCN(CCCF)C2)cc1. The maximum atomic E-state index is 12.5. The Morgan fingerprint density at radius 1 is 1.05 bits per heavy atom. The van der Waals surface area contributed by atoms with E-state index in [4.69, 9.17) is 16.3 Å². The number of carboxylic acid groups (broad SMARTS) is 1. The predicted molar refractivity (Wildman–Crippen MR) is 146 cm³/mol. The first-order valence-electron chi connectivity index (χ1n) is 12.9. The molecule has 3 aromatic carbocycles. The molecule has 0 saturated carbocycles. The van der Waals surface area contributed by atoms with E-state index in [1.807, 2.05) is 36.4 Å².